The molecule has 24 heavy (non-hydrogen) atoms. The van der Waals surface area contributed by atoms with Crippen LogP contribution in [0.2, 0.25) is 5.02 Å². The van der Waals surface area contributed by atoms with Crippen LogP contribution in [-0.4, -0.2) is 18.4 Å². The molecule has 0 aliphatic carbocycles. The highest BCUT2D eigenvalue weighted by Crippen LogP contribution is 2.27. The zero-order chi connectivity index (χ0) is 17.3. The molecule has 0 bridgehead atoms. The Morgan fingerprint density at radius 2 is 1.96 bits per heavy atom. The molecular weight excluding hydrogens is 399 g/mol. The summed E-state index contributed by atoms with van der Waals surface area (Å²) in [5, 5.41) is 2.61. The van der Waals surface area contributed by atoms with Crippen molar-refractivity contribution in [3.63, 3.8) is 0 Å². The van der Waals surface area contributed by atoms with Crippen LogP contribution >= 0.6 is 27.5 Å². The Labute approximate surface area is 151 Å². The van der Waals surface area contributed by atoms with E-state index in [1.54, 1.807) is 4.90 Å². The molecule has 1 saturated heterocycles. The van der Waals surface area contributed by atoms with Crippen molar-refractivity contribution in [2.45, 2.75) is 6.42 Å². The standard InChI is InChI=1S/C17H13BrClFN2O2/c18-11-1-4-13(5-2-11)22-9-10(7-16(22)23)17(24)21-12-3-6-15(20)14(19)8-12/h1-6,8,10H,7,9H2,(H,21,24)/t10-/m0/s1. The van der Waals surface area contributed by atoms with E-state index < -0.39 is 11.7 Å². The van der Waals surface area contributed by atoms with Crippen molar-refractivity contribution in [1.29, 1.82) is 0 Å². The number of benzene rings is 2. The molecule has 1 aliphatic rings. The molecule has 1 heterocycles. The summed E-state index contributed by atoms with van der Waals surface area (Å²) in [6.07, 6.45) is 0.136. The van der Waals surface area contributed by atoms with Gasteiger partial charge in [-0.25, -0.2) is 4.39 Å². The average Bonchev–Trinajstić information content (AvgIpc) is 2.94. The number of hydrogen-bond acceptors (Lipinski definition) is 2. The normalized spacial score (nSPS) is 17.2. The van der Waals surface area contributed by atoms with Crippen molar-refractivity contribution in [2.24, 2.45) is 5.92 Å². The predicted molar refractivity (Wildman–Crippen MR) is 94.6 cm³/mol. The van der Waals surface area contributed by atoms with E-state index in [-0.39, 0.29) is 23.3 Å². The number of halogens is 3. The van der Waals surface area contributed by atoms with Crippen LogP contribution in [-0.2, 0) is 9.59 Å². The largest absolute Gasteiger partial charge is 0.326 e. The number of anilines is 2. The van der Waals surface area contributed by atoms with Gasteiger partial charge in [-0.15, -0.1) is 0 Å². The molecule has 0 unspecified atom stereocenters. The number of hydrogen-bond donors (Lipinski definition) is 1. The van der Waals surface area contributed by atoms with Crippen molar-refractivity contribution in [1.82, 2.24) is 0 Å². The summed E-state index contributed by atoms with van der Waals surface area (Å²) < 4.78 is 14.1. The lowest BCUT2D eigenvalue weighted by molar-refractivity contribution is -0.122. The molecule has 2 aromatic carbocycles. The maximum absolute atomic E-state index is 13.2. The van der Waals surface area contributed by atoms with Crippen molar-refractivity contribution in [3.05, 3.63) is 57.8 Å². The van der Waals surface area contributed by atoms with E-state index in [9.17, 15) is 14.0 Å². The summed E-state index contributed by atoms with van der Waals surface area (Å²) in [6.45, 7) is 0.307. The molecule has 0 radical (unpaired) electrons. The maximum atomic E-state index is 13.2. The fourth-order valence-electron chi connectivity index (χ4n) is 2.57. The first kappa shape index (κ1) is 16.9. The van der Waals surface area contributed by atoms with E-state index in [0.29, 0.717) is 12.2 Å². The Balaban J connectivity index is 1.69. The minimum absolute atomic E-state index is 0.0632. The lowest BCUT2D eigenvalue weighted by Crippen LogP contribution is -2.28. The summed E-state index contributed by atoms with van der Waals surface area (Å²) in [6, 6.07) is 11.3. The van der Waals surface area contributed by atoms with Gasteiger partial charge in [0.15, 0.2) is 0 Å². The Morgan fingerprint density at radius 3 is 2.62 bits per heavy atom. The van der Waals surface area contributed by atoms with Crippen molar-refractivity contribution < 1.29 is 14.0 Å². The van der Waals surface area contributed by atoms with E-state index in [0.717, 1.165) is 10.2 Å². The summed E-state index contributed by atoms with van der Waals surface area (Å²) in [5.74, 6) is -1.41. The molecular formula is C17H13BrClFN2O2. The van der Waals surface area contributed by atoms with Crippen molar-refractivity contribution in [2.75, 3.05) is 16.8 Å². The quantitative estimate of drug-likeness (QED) is 0.821. The average molecular weight is 412 g/mol. The zero-order valence-electron chi connectivity index (χ0n) is 12.4. The Kier molecular flexibility index (Phi) is 4.87. The molecule has 0 saturated carbocycles. The third kappa shape index (κ3) is 3.60. The van der Waals surface area contributed by atoms with E-state index >= 15 is 0 Å². The first-order valence-corrected chi connectivity index (χ1v) is 8.43. The van der Waals surface area contributed by atoms with E-state index in [2.05, 4.69) is 21.2 Å². The Hall–Kier alpha value is -1.92. The fraction of sp³-hybridized carbons (Fsp3) is 0.176. The van der Waals surface area contributed by atoms with Crippen molar-refractivity contribution in [3.8, 4) is 0 Å². The molecule has 0 spiro atoms. The fourth-order valence-corrected chi connectivity index (χ4v) is 3.02. The van der Waals surface area contributed by atoms with Crippen LogP contribution in [0.1, 0.15) is 6.42 Å². The van der Waals surface area contributed by atoms with Gasteiger partial charge in [-0.1, -0.05) is 27.5 Å². The van der Waals surface area contributed by atoms with E-state index in [1.165, 1.54) is 18.2 Å². The van der Waals surface area contributed by atoms with Gasteiger partial charge in [0.1, 0.15) is 5.82 Å². The zero-order valence-corrected chi connectivity index (χ0v) is 14.8. The van der Waals surface area contributed by atoms with Crippen LogP contribution in [0.4, 0.5) is 15.8 Å². The molecule has 124 valence electrons. The van der Waals surface area contributed by atoms with Gasteiger partial charge in [-0.3, -0.25) is 9.59 Å². The van der Waals surface area contributed by atoms with Gasteiger partial charge in [-0.2, -0.15) is 0 Å². The topological polar surface area (TPSA) is 49.4 Å². The van der Waals surface area contributed by atoms with Gasteiger partial charge >= 0.3 is 0 Å². The number of nitrogens with zero attached hydrogens (tertiary/aromatic N) is 1. The molecule has 1 N–H and O–H groups in total. The van der Waals surface area contributed by atoms with Gasteiger partial charge in [0.25, 0.3) is 0 Å². The summed E-state index contributed by atoms with van der Waals surface area (Å²) in [4.78, 5) is 26.1. The van der Waals surface area contributed by atoms with Gasteiger partial charge in [0.05, 0.1) is 10.9 Å². The molecule has 7 heteroatoms. The molecule has 1 atom stereocenters. The summed E-state index contributed by atoms with van der Waals surface area (Å²) in [5.41, 5.74) is 1.16. The minimum atomic E-state index is -0.549. The van der Waals surface area contributed by atoms with Gasteiger partial charge in [0, 0.05) is 28.8 Å². The van der Waals surface area contributed by atoms with Gasteiger partial charge in [0.2, 0.25) is 11.8 Å². The number of carbonyl (C=O) groups is 2. The number of nitrogens with one attached hydrogen (secondary N) is 1. The Morgan fingerprint density at radius 1 is 1.25 bits per heavy atom. The smallest absolute Gasteiger partial charge is 0.229 e. The first-order valence-electron chi connectivity index (χ1n) is 7.26. The molecule has 4 nitrogen and oxygen atoms in total. The number of rotatable bonds is 3. The van der Waals surface area contributed by atoms with Crippen molar-refractivity contribution >= 4 is 50.7 Å². The Bertz CT molecular complexity index is 798. The third-order valence-electron chi connectivity index (χ3n) is 3.82. The lowest BCUT2D eigenvalue weighted by Gasteiger charge is -2.17. The highest BCUT2D eigenvalue weighted by Gasteiger charge is 2.35. The first-order chi connectivity index (χ1) is 11.4. The van der Waals surface area contributed by atoms with Crippen LogP contribution in [0.15, 0.2) is 46.9 Å². The molecule has 3 rings (SSSR count). The second kappa shape index (κ2) is 6.91. The van der Waals surface area contributed by atoms with Crippen LogP contribution < -0.4 is 10.2 Å². The number of amides is 2. The minimum Gasteiger partial charge on any atom is -0.326 e. The van der Waals surface area contributed by atoms with Gasteiger partial charge in [-0.05, 0) is 42.5 Å². The summed E-state index contributed by atoms with van der Waals surface area (Å²) >= 11 is 9.05. The van der Waals surface area contributed by atoms with Crippen LogP contribution in [0.3, 0.4) is 0 Å². The van der Waals surface area contributed by atoms with E-state index in [4.69, 9.17) is 11.6 Å². The van der Waals surface area contributed by atoms with Crippen LogP contribution in [0.5, 0.6) is 0 Å². The molecule has 1 fully saturated rings. The number of carbonyl (C=O) groups excluding carboxylic acids is 2. The third-order valence-corrected chi connectivity index (χ3v) is 4.64. The van der Waals surface area contributed by atoms with Gasteiger partial charge < -0.3 is 10.2 Å². The highest BCUT2D eigenvalue weighted by molar-refractivity contribution is 9.10. The van der Waals surface area contributed by atoms with Crippen LogP contribution in [0, 0.1) is 11.7 Å². The molecule has 2 amide bonds. The molecule has 2 aromatic rings. The lowest BCUT2D eigenvalue weighted by atomic mass is 10.1. The van der Waals surface area contributed by atoms with E-state index in [1.807, 2.05) is 24.3 Å². The predicted octanol–water partition coefficient (Wildman–Crippen LogP) is 4.23. The molecule has 1 aliphatic heterocycles. The molecule has 0 aromatic heterocycles. The van der Waals surface area contributed by atoms with Crippen LogP contribution in [0.25, 0.3) is 0 Å². The SMILES string of the molecule is O=C(Nc1ccc(F)c(Cl)c1)[C@H]1CC(=O)N(c2ccc(Br)cc2)C1. The maximum Gasteiger partial charge on any atom is 0.229 e. The summed E-state index contributed by atoms with van der Waals surface area (Å²) in [7, 11) is 0. The highest BCUT2D eigenvalue weighted by atomic mass is 79.9. The second-order valence-corrected chi connectivity index (χ2v) is 6.82. The second-order valence-electron chi connectivity index (χ2n) is 5.50. The monoisotopic (exact) mass is 410 g/mol.